The zero-order valence-electron chi connectivity index (χ0n) is 8.20. The molecule has 78 valence electrons. The molecule has 0 aliphatic carbocycles. The quantitative estimate of drug-likeness (QED) is 0.801. The Morgan fingerprint density at radius 2 is 2.07 bits per heavy atom. The van der Waals surface area contributed by atoms with Gasteiger partial charge in [-0.05, 0) is 24.6 Å². The van der Waals surface area contributed by atoms with Crippen molar-refractivity contribution >= 4 is 17.6 Å². The van der Waals surface area contributed by atoms with E-state index in [0.717, 1.165) is 5.56 Å². The van der Waals surface area contributed by atoms with Crippen molar-refractivity contribution in [2.75, 3.05) is 5.88 Å². The van der Waals surface area contributed by atoms with E-state index in [1.807, 2.05) is 0 Å². The summed E-state index contributed by atoms with van der Waals surface area (Å²) < 4.78 is 0. The van der Waals surface area contributed by atoms with E-state index in [2.05, 4.69) is 6.07 Å². The average molecular weight is 224 g/mol. The highest BCUT2D eigenvalue weighted by Crippen LogP contribution is 2.24. The largest absolute Gasteiger partial charge is 0.478 e. The van der Waals surface area contributed by atoms with Crippen LogP contribution >= 0.6 is 11.6 Å². The van der Waals surface area contributed by atoms with Gasteiger partial charge in [-0.2, -0.15) is 5.26 Å². The smallest absolute Gasteiger partial charge is 0.335 e. The van der Waals surface area contributed by atoms with Crippen LogP contribution in [-0.2, 0) is 5.41 Å². The number of carbonyl (C=O) groups is 1. The maximum absolute atomic E-state index is 10.6. The fraction of sp³-hybridized carbons (Fsp3) is 0.273. The van der Waals surface area contributed by atoms with Crippen LogP contribution in [0, 0.1) is 11.3 Å². The Labute approximate surface area is 92.9 Å². The summed E-state index contributed by atoms with van der Waals surface area (Å²) in [4.78, 5) is 10.6. The summed E-state index contributed by atoms with van der Waals surface area (Å²) in [5.41, 5.74) is 0.164. The molecule has 1 atom stereocenters. The lowest BCUT2D eigenvalue weighted by molar-refractivity contribution is 0.0697. The van der Waals surface area contributed by atoms with Crippen molar-refractivity contribution in [1.82, 2.24) is 0 Å². The first-order chi connectivity index (χ1) is 7.03. The van der Waals surface area contributed by atoms with E-state index in [4.69, 9.17) is 22.0 Å². The normalized spacial score (nSPS) is 13.9. The van der Waals surface area contributed by atoms with Crippen LogP contribution in [0.5, 0.6) is 0 Å². The van der Waals surface area contributed by atoms with Gasteiger partial charge in [0.05, 0.1) is 17.0 Å². The number of benzene rings is 1. The van der Waals surface area contributed by atoms with Gasteiger partial charge in [-0.25, -0.2) is 4.79 Å². The molecule has 1 N–H and O–H groups in total. The minimum atomic E-state index is -0.980. The lowest BCUT2D eigenvalue weighted by atomic mass is 9.86. The summed E-state index contributed by atoms with van der Waals surface area (Å²) in [5, 5.41) is 17.7. The summed E-state index contributed by atoms with van der Waals surface area (Å²) in [7, 11) is 0. The molecule has 1 aromatic rings. The standard InChI is InChI=1S/C11H10ClNO2/c1-11(6-12,7-13)9-4-2-8(3-5-9)10(14)15/h2-5H,6H2,1H3,(H,14,15). The third-order valence-corrected chi connectivity index (χ3v) is 2.82. The van der Waals surface area contributed by atoms with E-state index < -0.39 is 11.4 Å². The third kappa shape index (κ3) is 2.28. The second-order valence-electron chi connectivity index (χ2n) is 3.46. The van der Waals surface area contributed by atoms with Crippen LogP contribution in [-0.4, -0.2) is 17.0 Å². The number of nitrogens with zero attached hydrogens (tertiary/aromatic N) is 1. The highest BCUT2D eigenvalue weighted by molar-refractivity contribution is 6.19. The molecule has 0 aliphatic heterocycles. The molecule has 1 rings (SSSR count). The van der Waals surface area contributed by atoms with Crippen LogP contribution in [0.15, 0.2) is 24.3 Å². The van der Waals surface area contributed by atoms with E-state index in [1.54, 1.807) is 19.1 Å². The Bertz CT molecular complexity index is 408. The van der Waals surface area contributed by atoms with E-state index in [1.165, 1.54) is 12.1 Å². The molecule has 1 aromatic carbocycles. The van der Waals surface area contributed by atoms with Crippen LogP contribution in [0.3, 0.4) is 0 Å². The van der Waals surface area contributed by atoms with Gasteiger partial charge in [-0.3, -0.25) is 0 Å². The van der Waals surface area contributed by atoms with Gasteiger partial charge in [0.1, 0.15) is 0 Å². The molecule has 0 saturated heterocycles. The van der Waals surface area contributed by atoms with Gasteiger partial charge in [0, 0.05) is 5.88 Å². The summed E-state index contributed by atoms with van der Waals surface area (Å²) in [5.74, 6) is -0.804. The van der Waals surface area contributed by atoms with Crippen molar-refractivity contribution in [1.29, 1.82) is 5.26 Å². The molecular weight excluding hydrogens is 214 g/mol. The molecule has 15 heavy (non-hydrogen) atoms. The zero-order chi connectivity index (χ0) is 11.5. The first-order valence-electron chi connectivity index (χ1n) is 4.34. The van der Waals surface area contributed by atoms with Crippen LogP contribution in [0.25, 0.3) is 0 Å². The number of carboxylic acid groups (broad SMARTS) is 1. The Morgan fingerprint density at radius 3 is 2.40 bits per heavy atom. The van der Waals surface area contributed by atoms with Crippen molar-refractivity contribution in [2.45, 2.75) is 12.3 Å². The fourth-order valence-corrected chi connectivity index (χ4v) is 1.37. The number of carboxylic acids is 1. The zero-order valence-corrected chi connectivity index (χ0v) is 8.95. The second-order valence-corrected chi connectivity index (χ2v) is 3.73. The molecule has 0 heterocycles. The van der Waals surface area contributed by atoms with E-state index >= 15 is 0 Å². The molecule has 0 aliphatic rings. The van der Waals surface area contributed by atoms with Crippen LogP contribution < -0.4 is 0 Å². The molecule has 0 fully saturated rings. The topological polar surface area (TPSA) is 61.1 Å². The van der Waals surface area contributed by atoms with Gasteiger partial charge in [0.15, 0.2) is 0 Å². The molecule has 0 aromatic heterocycles. The SMILES string of the molecule is CC(C#N)(CCl)c1ccc(C(=O)O)cc1. The summed E-state index contributed by atoms with van der Waals surface area (Å²) in [6, 6.07) is 8.30. The number of rotatable bonds is 3. The maximum Gasteiger partial charge on any atom is 0.335 e. The van der Waals surface area contributed by atoms with Crippen molar-refractivity contribution in [3.05, 3.63) is 35.4 Å². The molecule has 0 amide bonds. The third-order valence-electron chi connectivity index (χ3n) is 2.28. The minimum absolute atomic E-state index is 0.177. The lowest BCUT2D eigenvalue weighted by Crippen LogP contribution is -2.21. The fourth-order valence-electron chi connectivity index (χ4n) is 1.15. The minimum Gasteiger partial charge on any atom is -0.478 e. The van der Waals surface area contributed by atoms with E-state index in [0.29, 0.717) is 0 Å². The number of nitriles is 1. The molecule has 0 radical (unpaired) electrons. The highest BCUT2D eigenvalue weighted by atomic mass is 35.5. The number of aromatic carboxylic acids is 1. The maximum atomic E-state index is 10.6. The molecular formula is C11H10ClNO2. The Morgan fingerprint density at radius 1 is 1.53 bits per heavy atom. The molecule has 4 heteroatoms. The van der Waals surface area contributed by atoms with E-state index in [9.17, 15) is 4.79 Å². The molecule has 0 bridgehead atoms. The molecule has 0 saturated carbocycles. The Hall–Kier alpha value is -1.53. The number of halogens is 1. The predicted octanol–water partition coefficient (Wildman–Crippen LogP) is 2.40. The summed E-state index contributed by atoms with van der Waals surface area (Å²) in [6.07, 6.45) is 0. The van der Waals surface area contributed by atoms with Crippen LogP contribution in [0.2, 0.25) is 0 Å². The highest BCUT2D eigenvalue weighted by Gasteiger charge is 2.25. The number of alkyl halides is 1. The number of hydrogen-bond acceptors (Lipinski definition) is 2. The van der Waals surface area contributed by atoms with Crippen LogP contribution in [0.4, 0.5) is 0 Å². The second kappa shape index (κ2) is 4.33. The van der Waals surface area contributed by atoms with Crippen molar-refractivity contribution in [2.24, 2.45) is 0 Å². The monoisotopic (exact) mass is 223 g/mol. The van der Waals surface area contributed by atoms with Crippen molar-refractivity contribution < 1.29 is 9.90 Å². The predicted molar refractivity (Wildman–Crippen MR) is 57.1 cm³/mol. The molecule has 0 spiro atoms. The van der Waals surface area contributed by atoms with Crippen molar-refractivity contribution in [3.8, 4) is 6.07 Å². The number of hydrogen-bond donors (Lipinski definition) is 1. The van der Waals surface area contributed by atoms with E-state index in [-0.39, 0.29) is 11.4 Å². The Balaban J connectivity index is 3.09. The first-order valence-corrected chi connectivity index (χ1v) is 4.88. The average Bonchev–Trinajstić information content (AvgIpc) is 2.28. The molecule has 3 nitrogen and oxygen atoms in total. The summed E-state index contributed by atoms with van der Waals surface area (Å²) in [6.45, 7) is 1.72. The Kier molecular flexibility index (Phi) is 3.33. The van der Waals surface area contributed by atoms with Crippen LogP contribution in [0.1, 0.15) is 22.8 Å². The van der Waals surface area contributed by atoms with Crippen molar-refractivity contribution in [3.63, 3.8) is 0 Å². The first kappa shape index (κ1) is 11.5. The van der Waals surface area contributed by atoms with Gasteiger partial charge in [-0.15, -0.1) is 11.6 Å². The van der Waals surface area contributed by atoms with Gasteiger partial charge >= 0.3 is 5.97 Å². The van der Waals surface area contributed by atoms with Gasteiger partial charge < -0.3 is 5.11 Å². The molecule has 1 unspecified atom stereocenters. The van der Waals surface area contributed by atoms with Gasteiger partial charge in [-0.1, -0.05) is 12.1 Å². The van der Waals surface area contributed by atoms with Gasteiger partial charge in [0.25, 0.3) is 0 Å². The summed E-state index contributed by atoms with van der Waals surface area (Å²) >= 11 is 5.71. The lowest BCUT2D eigenvalue weighted by Gasteiger charge is -2.18. The van der Waals surface area contributed by atoms with Gasteiger partial charge in [0.2, 0.25) is 0 Å².